The molecule has 7 nitrogen and oxygen atoms in total. The van der Waals surface area contributed by atoms with Gasteiger partial charge in [-0.25, -0.2) is 0 Å². The molecule has 2 amide bonds. The van der Waals surface area contributed by atoms with Gasteiger partial charge in [0.1, 0.15) is 11.5 Å². The van der Waals surface area contributed by atoms with E-state index in [2.05, 4.69) is 70.4 Å². The number of benzene rings is 2. The minimum atomic E-state index is -1.20. The number of carbonyl (C=O) groups excluding carboxylic acids is 3. The molecule has 3 rings (SSSR count). The van der Waals surface area contributed by atoms with Crippen molar-refractivity contribution in [1.82, 2.24) is 5.32 Å². The third kappa shape index (κ3) is 7.04. The van der Waals surface area contributed by atoms with Crippen LogP contribution in [0.5, 0.6) is 11.5 Å². The summed E-state index contributed by atoms with van der Waals surface area (Å²) in [7, 11) is 0. The number of carbonyl (C=O) groups is 3. The van der Waals surface area contributed by atoms with Gasteiger partial charge in [-0.3, -0.25) is 14.4 Å². The number of anilines is 1. The second-order valence-corrected chi connectivity index (χ2v) is 13.0. The van der Waals surface area contributed by atoms with Gasteiger partial charge in [-0.2, -0.15) is 0 Å². The Morgan fingerprint density at radius 2 is 1.62 bits per heavy atom. The van der Waals surface area contributed by atoms with Gasteiger partial charge in [0.15, 0.2) is 5.78 Å². The van der Waals surface area contributed by atoms with Gasteiger partial charge in [-0.15, -0.1) is 0 Å². The number of Topliss-reactive ketones (excluding diaryl/α,β-unsaturated/α-hetero) is 1. The highest BCUT2D eigenvalue weighted by Gasteiger charge is 2.39. The summed E-state index contributed by atoms with van der Waals surface area (Å²) in [6.07, 6.45) is 1.49. The first-order valence-corrected chi connectivity index (χ1v) is 14.3. The number of amides is 2. The first-order chi connectivity index (χ1) is 18.6. The Bertz CT molecular complexity index is 1260. The van der Waals surface area contributed by atoms with Gasteiger partial charge in [0.2, 0.25) is 6.10 Å². The van der Waals surface area contributed by atoms with Crippen molar-refractivity contribution in [1.29, 1.82) is 0 Å². The summed E-state index contributed by atoms with van der Waals surface area (Å²) < 4.78 is 11.9. The van der Waals surface area contributed by atoms with Crippen LogP contribution in [0.15, 0.2) is 36.4 Å². The second-order valence-electron chi connectivity index (χ2n) is 13.0. The van der Waals surface area contributed by atoms with Gasteiger partial charge in [-0.05, 0) is 59.9 Å². The minimum absolute atomic E-state index is 0.0188. The molecule has 1 atom stereocenters. The van der Waals surface area contributed by atoms with Crippen molar-refractivity contribution in [2.75, 3.05) is 18.5 Å². The number of nitrogens with one attached hydrogen (secondary N) is 2. The third-order valence-corrected chi connectivity index (χ3v) is 8.08. The Labute approximate surface area is 239 Å². The number of hydrogen-bond acceptors (Lipinski definition) is 5. The molecule has 0 saturated carbocycles. The molecule has 2 aromatic carbocycles. The highest BCUT2D eigenvalue weighted by Crippen LogP contribution is 2.38. The van der Waals surface area contributed by atoms with Crippen molar-refractivity contribution in [3.05, 3.63) is 53.1 Å². The van der Waals surface area contributed by atoms with Crippen LogP contribution in [0.2, 0.25) is 0 Å². The van der Waals surface area contributed by atoms with Crippen molar-refractivity contribution in [2.45, 2.75) is 98.5 Å². The molecule has 2 aromatic rings. The van der Waals surface area contributed by atoms with Crippen LogP contribution in [-0.2, 0) is 20.4 Å². The summed E-state index contributed by atoms with van der Waals surface area (Å²) >= 11 is 0. The van der Waals surface area contributed by atoms with Crippen molar-refractivity contribution in [2.24, 2.45) is 5.41 Å². The lowest BCUT2D eigenvalue weighted by Crippen LogP contribution is -2.47. The Kier molecular flexibility index (Phi) is 9.38. The van der Waals surface area contributed by atoms with Crippen molar-refractivity contribution >= 4 is 23.3 Å². The summed E-state index contributed by atoms with van der Waals surface area (Å²) in [4.78, 5) is 37.8. The Hall–Kier alpha value is -3.35. The van der Waals surface area contributed by atoms with Crippen LogP contribution in [0.3, 0.4) is 0 Å². The van der Waals surface area contributed by atoms with Crippen LogP contribution in [0, 0.1) is 5.41 Å². The molecule has 1 aliphatic heterocycles. The average Bonchev–Trinajstić information content (AvgIpc) is 2.91. The van der Waals surface area contributed by atoms with Gasteiger partial charge in [0.25, 0.3) is 11.8 Å². The molecule has 218 valence electrons. The van der Waals surface area contributed by atoms with Crippen molar-refractivity contribution in [3.63, 3.8) is 0 Å². The zero-order valence-electron chi connectivity index (χ0n) is 25.6. The number of rotatable bonds is 11. The fourth-order valence-corrected chi connectivity index (χ4v) is 4.37. The summed E-state index contributed by atoms with van der Waals surface area (Å²) in [6.45, 7) is 19.6. The van der Waals surface area contributed by atoms with E-state index in [1.807, 2.05) is 0 Å². The lowest BCUT2D eigenvalue weighted by molar-refractivity contribution is -0.140. The first-order valence-electron chi connectivity index (χ1n) is 14.3. The molecule has 0 aromatic heterocycles. The van der Waals surface area contributed by atoms with Gasteiger partial charge in [0, 0.05) is 23.1 Å². The molecule has 0 aliphatic carbocycles. The molecular formula is C33H46N2O5. The lowest BCUT2D eigenvalue weighted by atomic mass is 9.76. The van der Waals surface area contributed by atoms with E-state index < -0.39 is 17.4 Å². The van der Waals surface area contributed by atoms with Crippen LogP contribution in [-0.4, -0.2) is 36.9 Å². The number of ketones is 1. The lowest BCUT2D eigenvalue weighted by Gasteiger charge is -2.30. The molecule has 2 N–H and O–H groups in total. The molecule has 1 heterocycles. The molecule has 0 fully saturated rings. The maximum Gasteiger partial charge on any atom is 0.273 e. The predicted octanol–water partition coefficient (Wildman–Crippen LogP) is 6.58. The zero-order chi connectivity index (χ0) is 29.9. The predicted molar refractivity (Wildman–Crippen MR) is 159 cm³/mol. The minimum Gasteiger partial charge on any atom is -0.493 e. The van der Waals surface area contributed by atoms with E-state index in [-0.39, 0.29) is 22.5 Å². The molecule has 0 bridgehead atoms. The first kappa shape index (κ1) is 31.2. The SMILES string of the molecule is CCC(C)(C)c1ccc(OCCCNC(=O)c2ccc3c(c2)NC(=O)C(C(=O)C(C)(C)C)O3)c(C(C)(C)CC)c1. The fourth-order valence-electron chi connectivity index (χ4n) is 4.37. The molecule has 40 heavy (non-hydrogen) atoms. The van der Waals surface area contributed by atoms with E-state index in [9.17, 15) is 14.4 Å². The van der Waals surface area contributed by atoms with E-state index in [0.717, 1.165) is 18.6 Å². The Morgan fingerprint density at radius 1 is 0.950 bits per heavy atom. The summed E-state index contributed by atoms with van der Waals surface area (Å²) in [5.74, 6) is 0.169. The van der Waals surface area contributed by atoms with Gasteiger partial charge in [0.05, 0.1) is 12.3 Å². The third-order valence-electron chi connectivity index (χ3n) is 8.08. The normalized spacial score (nSPS) is 15.5. The van der Waals surface area contributed by atoms with Crippen LogP contribution in [0.4, 0.5) is 5.69 Å². The largest absolute Gasteiger partial charge is 0.493 e. The van der Waals surface area contributed by atoms with Gasteiger partial charge < -0.3 is 20.1 Å². The molecule has 0 spiro atoms. The maximum absolute atomic E-state index is 12.8. The monoisotopic (exact) mass is 550 g/mol. The number of hydrogen-bond donors (Lipinski definition) is 2. The van der Waals surface area contributed by atoms with E-state index >= 15 is 0 Å². The molecule has 7 heteroatoms. The molecule has 0 saturated heterocycles. The fraction of sp³-hybridized carbons (Fsp3) is 0.545. The number of fused-ring (bicyclic) bond motifs is 1. The molecule has 0 radical (unpaired) electrons. The van der Waals surface area contributed by atoms with Crippen LogP contribution < -0.4 is 20.1 Å². The summed E-state index contributed by atoms with van der Waals surface area (Å²) in [5, 5.41) is 5.62. The quantitative estimate of drug-likeness (QED) is 0.244. The standard InChI is InChI=1S/C33H46N2O5/c1-10-32(6,7)22-14-16-25(23(20-22)33(8,9)11-2)39-18-12-17-34-29(37)21-13-15-26-24(19-21)35-30(38)27(40-26)28(36)31(3,4)5/h13-16,19-20,27H,10-12,17-18H2,1-9H3,(H,34,37)(H,35,38). The van der Waals surface area contributed by atoms with Crippen LogP contribution in [0.25, 0.3) is 0 Å². The van der Waals surface area contributed by atoms with Crippen molar-refractivity contribution in [3.8, 4) is 11.5 Å². The van der Waals surface area contributed by atoms with Crippen molar-refractivity contribution < 1.29 is 23.9 Å². The Morgan fingerprint density at radius 3 is 2.25 bits per heavy atom. The van der Waals surface area contributed by atoms with E-state index in [1.54, 1.807) is 39.0 Å². The number of ether oxygens (including phenoxy) is 2. The molecule has 1 aliphatic rings. The maximum atomic E-state index is 12.8. The highest BCUT2D eigenvalue weighted by molar-refractivity contribution is 6.13. The Balaban J connectivity index is 1.58. The molecular weight excluding hydrogens is 504 g/mol. The van der Waals surface area contributed by atoms with Crippen LogP contribution in [0.1, 0.15) is 103 Å². The van der Waals surface area contributed by atoms with Crippen LogP contribution >= 0.6 is 0 Å². The zero-order valence-corrected chi connectivity index (χ0v) is 25.6. The van der Waals surface area contributed by atoms with E-state index in [4.69, 9.17) is 9.47 Å². The summed E-state index contributed by atoms with van der Waals surface area (Å²) in [6, 6.07) is 11.3. The van der Waals surface area contributed by atoms with Gasteiger partial charge >= 0.3 is 0 Å². The molecule has 1 unspecified atom stereocenters. The van der Waals surface area contributed by atoms with E-state index in [0.29, 0.717) is 36.6 Å². The average molecular weight is 551 g/mol. The summed E-state index contributed by atoms with van der Waals surface area (Å²) in [5.41, 5.74) is 2.65. The highest BCUT2D eigenvalue weighted by atomic mass is 16.5. The topological polar surface area (TPSA) is 93.7 Å². The smallest absolute Gasteiger partial charge is 0.273 e. The van der Waals surface area contributed by atoms with E-state index in [1.165, 1.54) is 11.1 Å². The van der Waals surface area contributed by atoms with Gasteiger partial charge in [-0.1, -0.05) is 74.4 Å². The second kappa shape index (κ2) is 12.0.